The van der Waals surface area contributed by atoms with Crippen LogP contribution >= 0.6 is 0 Å². The summed E-state index contributed by atoms with van der Waals surface area (Å²) in [6.07, 6.45) is -0.493. The fourth-order valence-electron chi connectivity index (χ4n) is 4.41. The topological polar surface area (TPSA) is 67.1 Å². The first kappa shape index (κ1) is 21.5. The molecule has 2 N–H and O–H groups in total. The van der Waals surface area contributed by atoms with Gasteiger partial charge in [0, 0.05) is 23.2 Å². The molecule has 2 aliphatic rings. The van der Waals surface area contributed by atoms with Crippen LogP contribution < -0.4 is 10.7 Å². The number of amides is 1. The SMILES string of the molecule is CCn1c2cc(=N)ccc-2c2ccc(NC(=O)OCc3ccccc3)cc2c1-c1ccccc1. The smallest absolute Gasteiger partial charge is 0.411 e. The second-order valence-electron chi connectivity index (χ2n) is 8.14. The Kier molecular flexibility index (Phi) is 5.83. The molecule has 1 aliphatic carbocycles. The number of fused-ring (bicyclic) bond motifs is 3. The summed E-state index contributed by atoms with van der Waals surface area (Å²) >= 11 is 0. The van der Waals surface area contributed by atoms with Crippen molar-refractivity contribution in [2.45, 2.75) is 20.1 Å². The van der Waals surface area contributed by atoms with E-state index in [1.807, 2.05) is 84.9 Å². The first-order chi connectivity index (χ1) is 16.6. The molecule has 0 atom stereocenters. The zero-order valence-corrected chi connectivity index (χ0v) is 18.9. The van der Waals surface area contributed by atoms with Gasteiger partial charge in [-0.05, 0) is 47.7 Å². The lowest BCUT2D eigenvalue weighted by molar-refractivity contribution is 0.155. The Hall–Kier alpha value is -4.38. The number of hydrogen-bond donors (Lipinski definition) is 2. The molecule has 5 nitrogen and oxygen atoms in total. The van der Waals surface area contributed by atoms with Gasteiger partial charge in [-0.25, -0.2) is 4.79 Å². The summed E-state index contributed by atoms with van der Waals surface area (Å²) in [5.74, 6) is 0. The van der Waals surface area contributed by atoms with Gasteiger partial charge < -0.3 is 14.7 Å². The van der Waals surface area contributed by atoms with Crippen molar-refractivity contribution in [3.8, 4) is 22.5 Å². The summed E-state index contributed by atoms with van der Waals surface area (Å²) in [5, 5.41) is 13.6. The van der Waals surface area contributed by atoms with E-state index in [4.69, 9.17) is 10.1 Å². The summed E-state index contributed by atoms with van der Waals surface area (Å²) in [6.45, 7) is 3.07. The molecule has 0 unspecified atom stereocenters. The molecule has 0 saturated carbocycles. The fraction of sp³-hybridized carbons (Fsp3) is 0.103. The molecule has 5 rings (SSSR count). The van der Waals surface area contributed by atoms with Crippen LogP contribution in [0.15, 0.2) is 97.1 Å². The maximum absolute atomic E-state index is 12.5. The Labute approximate surface area is 198 Å². The van der Waals surface area contributed by atoms with E-state index in [1.54, 1.807) is 0 Å². The lowest BCUT2D eigenvalue weighted by Crippen LogP contribution is -2.14. The second-order valence-corrected chi connectivity index (χ2v) is 8.14. The largest absolute Gasteiger partial charge is 0.444 e. The molecular formula is C29H25N3O2. The third kappa shape index (κ3) is 4.16. The molecule has 168 valence electrons. The monoisotopic (exact) mass is 447 g/mol. The van der Waals surface area contributed by atoms with E-state index in [-0.39, 0.29) is 6.61 Å². The normalized spacial score (nSPS) is 11.0. The van der Waals surface area contributed by atoms with Crippen LogP contribution in [0.4, 0.5) is 10.5 Å². The molecule has 0 aromatic heterocycles. The minimum absolute atomic E-state index is 0.214. The van der Waals surface area contributed by atoms with E-state index >= 15 is 0 Å². The van der Waals surface area contributed by atoms with Gasteiger partial charge in [-0.15, -0.1) is 0 Å². The molecule has 34 heavy (non-hydrogen) atoms. The van der Waals surface area contributed by atoms with E-state index in [0.29, 0.717) is 11.0 Å². The third-order valence-electron chi connectivity index (χ3n) is 5.95. The van der Waals surface area contributed by atoms with Crippen molar-refractivity contribution in [2.75, 3.05) is 5.32 Å². The van der Waals surface area contributed by atoms with E-state index in [2.05, 4.69) is 28.9 Å². The van der Waals surface area contributed by atoms with Crippen molar-refractivity contribution in [3.63, 3.8) is 0 Å². The maximum atomic E-state index is 12.5. The molecule has 1 heterocycles. The molecule has 1 amide bonds. The molecule has 3 aromatic carbocycles. The van der Waals surface area contributed by atoms with Crippen LogP contribution in [0.5, 0.6) is 0 Å². The Morgan fingerprint density at radius 3 is 2.35 bits per heavy atom. The average molecular weight is 448 g/mol. The number of benzene rings is 4. The number of nitrogens with one attached hydrogen (secondary N) is 2. The van der Waals surface area contributed by atoms with Crippen molar-refractivity contribution in [3.05, 3.63) is 108 Å². The van der Waals surface area contributed by atoms with Gasteiger partial charge in [0.25, 0.3) is 0 Å². The van der Waals surface area contributed by atoms with E-state index < -0.39 is 6.09 Å². The number of hydrogen-bond acceptors (Lipinski definition) is 3. The van der Waals surface area contributed by atoms with Gasteiger partial charge in [0.1, 0.15) is 6.61 Å². The lowest BCUT2D eigenvalue weighted by atomic mass is 9.95. The van der Waals surface area contributed by atoms with Crippen LogP contribution in [0, 0.1) is 5.41 Å². The molecule has 3 aromatic rings. The predicted octanol–water partition coefficient (Wildman–Crippen LogP) is 6.66. The Balaban J connectivity index is 1.60. The second kappa shape index (κ2) is 9.24. The summed E-state index contributed by atoms with van der Waals surface area (Å²) in [6, 6.07) is 31.5. The quantitative estimate of drug-likeness (QED) is 0.296. The first-order valence-electron chi connectivity index (χ1n) is 11.3. The summed E-state index contributed by atoms with van der Waals surface area (Å²) in [7, 11) is 0. The molecule has 0 saturated heterocycles. The summed E-state index contributed by atoms with van der Waals surface area (Å²) in [5.41, 5.74) is 5.83. The van der Waals surface area contributed by atoms with Gasteiger partial charge in [0.05, 0.1) is 16.7 Å². The number of pyridine rings is 1. The molecule has 0 radical (unpaired) electrons. The minimum Gasteiger partial charge on any atom is -0.444 e. The van der Waals surface area contributed by atoms with Gasteiger partial charge in [-0.2, -0.15) is 0 Å². The number of ether oxygens (including phenoxy) is 1. The van der Waals surface area contributed by atoms with Gasteiger partial charge in [0.15, 0.2) is 0 Å². The van der Waals surface area contributed by atoms with Crippen molar-refractivity contribution in [1.82, 2.24) is 4.57 Å². The molecule has 5 heteroatoms. The van der Waals surface area contributed by atoms with Crippen molar-refractivity contribution < 1.29 is 9.53 Å². The van der Waals surface area contributed by atoms with Crippen LogP contribution in [-0.4, -0.2) is 10.7 Å². The van der Waals surface area contributed by atoms with Gasteiger partial charge in [-0.1, -0.05) is 72.8 Å². The van der Waals surface area contributed by atoms with Gasteiger partial charge >= 0.3 is 6.09 Å². The number of aromatic nitrogens is 1. The molecule has 0 spiro atoms. The Morgan fingerprint density at radius 2 is 1.62 bits per heavy atom. The van der Waals surface area contributed by atoms with Crippen molar-refractivity contribution in [1.29, 1.82) is 5.41 Å². The zero-order chi connectivity index (χ0) is 23.5. The number of carbonyl (C=O) groups is 1. The van der Waals surface area contributed by atoms with Crippen molar-refractivity contribution >= 4 is 22.6 Å². The Morgan fingerprint density at radius 1 is 0.882 bits per heavy atom. The average Bonchev–Trinajstić information content (AvgIpc) is 2.87. The number of nitrogens with zero attached hydrogens (tertiary/aromatic N) is 1. The first-order valence-corrected chi connectivity index (χ1v) is 11.3. The van der Waals surface area contributed by atoms with E-state index in [1.165, 1.54) is 0 Å². The van der Waals surface area contributed by atoms with E-state index in [9.17, 15) is 4.79 Å². The number of anilines is 1. The minimum atomic E-state index is -0.493. The fourth-order valence-corrected chi connectivity index (χ4v) is 4.41. The van der Waals surface area contributed by atoms with Crippen LogP contribution in [0.2, 0.25) is 0 Å². The van der Waals surface area contributed by atoms with E-state index in [0.717, 1.165) is 45.4 Å². The summed E-state index contributed by atoms with van der Waals surface area (Å²) in [4.78, 5) is 12.5. The highest BCUT2D eigenvalue weighted by Gasteiger charge is 2.18. The van der Waals surface area contributed by atoms with Gasteiger partial charge in [-0.3, -0.25) is 5.32 Å². The molecule has 0 fully saturated rings. The van der Waals surface area contributed by atoms with Crippen molar-refractivity contribution in [2.24, 2.45) is 0 Å². The molecular weight excluding hydrogens is 422 g/mol. The molecule has 0 bridgehead atoms. The highest BCUT2D eigenvalue weighted by atomic mass is 16.5. The van der Waals surface area contributed by atoms with Gasteiger partial charge in [0.2, 0.25) is 0 Å². The lowest BCUT2D eigenvalue weighted by Gasteiger charge is -2.24. The van der Waals surface area contributed by atoms with Crippen LogP contribution in [0.25, 0.3) is 33.3 Å². The number of carbonyl (C=O) groups excluding carboxylic acids is 1. The van der Waals surface area contributed by atoms with Crippen LogP contribution in [0.3, 0.4) is 0 Å². The Bertz CT molecular complexity index is 1490. The summed E-state index contributed by atoms with van der Waals surface area (Å²) < 4.78 is 7.65. The van der Waals surface area contributed by atoms with Crippen LogP contribution in [-0.2, 0) is 17.9 Å². The predicted molar refractivity (Wildman–Crippen MR) is 136 cm³/mol. The third-order valence-corrected chi connectivity index (χ3v) is 5.95. The molecule has 1 aliphatic heterocycles. The maximum Gasteiger partial charge on any atom is 0.411 e. The van der Waals surface area contributed by atoms with Crippen LogP contribution in [0.1, 0.15) is 12.5 Å². The highest BCUT2D eigenvalue weighted by Crippen LogP contribution is 2.39. The highest BCUT2D eigenvalue weighted by molar-refractivity contribution is 6.06. The standard InChI is InChI=1S/C29H25N3O2/c1-2-32-27-17-22(30)13-15-25(27)24-16-14-23(18-26(24)28(32)21-11-7-4-8-12-21)31-29(33)34-19-20-9-5-3-6-10-20/h3-18,30H,2,19H2,1H3,(H,31,33). The number of rotatable bonds is 5. The zero-order valence-electron chi connectivity index (χ0n) is 18.9.